The van der Waals surface area contributed by atoms with Crippen molar-refractivity contribution in [2.75, 3.05) is 18.1 Å². The van der Waals surface area contributed by atoms with Gasteiger partial charge in [0.05, 0.1) is 24.4 Å². The molecule has 286 valence electrons. The molecule has 3 aliphatic rings. The molecule has 1 aliphatic carbocycles. The minimum absolute atomic E-state index is 0.0539. The third-order valence-electron chi connectivity index (χ3n) is 11.1. The van der Waals surface area contributed by atoms with Crippen LogP contribution in [-0.4, -0.2) is 61.2 Å². The Bertz CT molecular complexity index is 2010. The minimum Gasteiger partial charge on any atom is -0.449 e. The molecular weight excluding hydrogens is 695 g/mol. The van der Waals surface area contributed by atoms with Crippen LogP contribution in [0.25, 0.3) is 11.1 Å². The van der Waals surface area contributed by atoms with E-state index >= 15 is 0 Å². The highest BCUT2D eigenvalue weighted by Gasteiger charge is 2.45. The van der Waals surface area contributed by atoms with Crippen LogP contribution in [0.3, 0.4) is 0 Å². The highest BCUT2D eigenvalue weighted by molar-refractivity contribution is 6.07. The molecule has 4 aromatic rings. The molecule has 0 aromatic heterocycles. The van der Waals surface area contributed by atoms with Gasteiger partial charge in [-0.1, -0.05) is 91.0 Å². The molecule has 4 atom stereocenters. The average Bonchev–Trinajstić information content (AvgIpc) is 3.71. The van der Waals surface area contributed by atoms with Crippen molar-refractivity contribution in [2.24, 2.45) is 11.5 Å². The van der Waals surface area contributed by atoms with Gasteiger partial charge in [0.25, 0.3) is 0 Å². The molecule has 0 spiro atoms. The summed E-state index contributed by atoms with van der Waals surface area (Å²) in [5, 5.41) is 5.94. The van der Waals surface area contributed by atoms with Gasteiger partial charge in [-0.15, -0.1) is 0 Å². The largest absolute Gasteiger partial charge is 0.449 e. The molecule has 0 unspecified atom stereocenters. The number of nitrogens with one attached hydrogen (secondary N) is 2. The first kappa shape index (κ1) is 37.8. The average molecular weight is 744 g/mol. The van der Waals surface area contributed by atoms with E-state index in [2.05, 4.69) is 47.0 Å². The Hall–Kier alpha value is -5.52. The van der Waals surface area contributed by atoms with Crippen LogP contribution in [0.4, 0.5) is 10.5 Å². The number of rotatable bonds is 15. The van der Waals surface area contributed by atoms with Crippen LogP contribution in [0, 0.1) is 0 Å². The van der Waals surface area contributed by atoms with E-state index in [9.17, 15) is 19.2 Å². The number of hydrogen-bond acceptors (Lipinski definition) is 7. The van der Waals surface area contributed by atoms with Crippen molar-refractivity contribution in [3.05, 3.63) is 124 Å². The summed E-state index contributed by atoms with van der Waals surface area (Å²) in [7, 11) is 0. The quantitative estimate of drug-likeness (QED) is 0.132. The first-order valence-corrected chi connectivity index (χ1v) is 19.2. The number of primary amides is 1. The fraction of sp³-hybridized carbons (Fsp3) is 0.364. The molecule has 11 heteroatoms. The molecule has 0 radical (unpaired) electrons. The van der Waals surface area contributed by atoms with E-state index in [0.717, 1.165) is 57.5 Å². The molecule has 0 fully saturated rings. The third-order valence-corrected chi connectivity index (χ3v) is 11.1. The molecule has 0 bridgehead atoms. The Balaban J connectivity index is 1.02. The van der Waals surface area contributed by atoms with Gasteiger partial charge in [-0.05, 0) is 90.1 Å². The molecule has 2 heterocycles. The fourth-order valence-electron chi connectivity index (χ4n) is 8.21. The molecular formula is C44H49N5O6. The zero-order valence-corrected chi connectivity index (χ0v) is 31.2. The van der Waals surface area contributed by atoms with E-state index in [0.29, 0.717) is 32.4 Å². The van der Waals surface area contributed by atoms with Crippen LogP contribution >= 0.6 is 0 Å². The molecule has 0 saturated heterocycles. The highest BCUT2D eigenvalue weighted by Crippen LogP contribution is 2.44. The summed E-state index contributed by atoms with van der Waals surface area (Å²) in [5.41, 5.74) is 20.3. The standard InChI is InChI=1S/C44H49N5O6/c1-27(54-25-29-17-15-28(16-18-29)8-7-23-45)37(21-22-40(46)50)47-42(51)39-24-31-10-6-9-30-19-20-38(43(52)49(39)41(30)31)48-44(53)55-26-36-34-13-4-2-11-32(34)33-12-3-5-14-35(33)36/h2-6,9-18,27,36-39H,7-8,19-26,45H2,1H3,(H2,46,50)(H,47,51)(H,48,53)/t27-,37+,38+,39+/m1/s1. The lowest BCUT2D eigenvalue weighted by Gasteiger charge is -2.31. The Labute approximate surface area is 321 Å². The number of carbonyl (C=O) groups is 4. The number of benzene rings is 4. The van der Waals surface area contributed by atoms with Gasteiger partial charge in [0.1, 0.15) is 18.7 Å². The molecule has 0 saturated carbocycles. The van der Waals surface area contributed by atoms with Crippen molar-refractivity contribution in [1.82, 2.24) is 10.6 Å². The first-order valence-electron chi connectivity index (χ1n) is 19.2. The molecule has 55 heavy (non-hydrogen) atoms. The number of alkyl carbamates (subject to hydrolysis) is 1. The second kappa shape index (κ2) is 16.9. The second-order valence-electron chi connectivity index (χ2n) is 14.8. The molecule has 7 rings (SSSR count). The van der Waals surface area contributed by atoms with Crippen molar-refractivity contribution in [1.29, 1.82) is 0 Å². The Morgan fingerprint density at radius 1 is 0.891 bits per heavy atom. The van der Waals surface area contributed by atoms with Gasteiger partial charge in [-0.25, -0.2) is 4.79 Å². The summed E-state index contributed by atoms with van der Waals surface area (Å²) in [6.07, 6.45) is 2.19. The maximum absolute atomic E-state index is 14.4. The predicted octanol–water partition coefficient (Wildman–Crippen LogP) is 5.04. The van der Waals surface area contributed by atoms with Gasteiger partial charge in [-0.2, -0.15) is 0 Å². The van der Waals surface area contributed by atoms with Crippen molar-refractivity contribution in [3.8, 4) is 11.1 Å². The zero-order chi connectivity index (χ0) is 38.5. The lowest BCUT2D eigenvalue weighted by atomic mass is 9.98. The maximum atomic E-state index is 14.4. The predicted molar refractivity (Wildman–Crippen MR) is 210 cm³/mol. The van der Waals surface area contributed by atoms with Gasteiger partial charge in [0.2, 0.25) is 17.7 Å². The molecule has 4 aromatic carbocycles. The summed E-state index contributed by atoms with van der Waals surface area (Å²) in [4.78, 5) is 55.4. The highest BCUT2D eigenvalue weighted by atomic mass is 16.5. The minimum atomic E-state index is -0.904. The summed E-state index contributed by atoms with van der Waals surface area (Å²) in [6, 6.07) is 27.9. The lowest BCUT2D eigenvalue weighted by Crippen LogP contribution is -2.56. The lowest BCUT2D eigenvalue weighted by molar-refractivity contribution is -0.128. The number of nitrogens with zero attached hydrogens (tertiary/aromatic N) is 1. The van der Waals surface area contributed by atoms with Crippen LogP contribution < -0.4 is 27.0 Å². The topological polar surface area (TPSA) is 166 Å². The van der Waals surface area contributed by atoms with Crippen LogP contribution in [0.1, 0.15) is 71.9 Å². The van der Waals surface area contributed by atoms with E-state index in [4.69, 9.17) is 20.9 Å². The SMILES string of the molecule is C[C@@H](OCc1ccc(CCCN)cc1)[C@H](CCC(N)=O)NC(=O)[C@@H]1Cc2cccc3c2N1C(=O)[C@@H](NC(=O)OCC1c2ccccc2-c2ccccc21)CC3. The van der Waals surface area contributed by atoms with E-state index in [1.165, 1.54) is 5.56 Å². The Kier molecular flexibility index (Phi) is 11.6. The van der Waals surface area contributed by atoms with E-state index in [-0.39, 0.29) is 37.2 Å². The summed E-state index contributed by atoms with van der Waals surface area (Å²) < 4.78 is 12.0. The van der Waals surface area contributed by atoms with E-state index in [1.807, 2.05) is 61.5 Å². The monoisotopic (exact) mass is 743 g/mol. The molecule has 2 aliphatic heterocycles. The number of nitrogens with two attached hydrogens (primary N) is 2. The second-order valence-corrected chi connectivity index (χ2v) is 14.8. The number of amides is 4. The maximum Gasteiger partial charge on any atom is 0.407 e. The van der Waals surface area contributed by atoms with Gasteiger partial charge in [-0.3, -0.25) is 19.3 Å². The van der Waals surface area contributed by atoms with Gasteiger partial charge >= 0.3 is 6.09 Å². The van der Waals surface area contributed by atoms with Crippen LogP contribution in [0.2, 0.25) is 0 Å². The third kappa shape index (κ3) is 8.28. The number of fused-ring (bicyclic) bond motifs is 3. The van der Waals surface area contributed by atoms with Crippen LogP contribution in [0.5, 0.6) is 0 Å². The number of anilines is 1. The van der Waals surface area contributed by atoms with Crippen molar-refractivity contribution in [2.45, 2.75) is 88.6 Å². The molecule has 6 N–H and O–H groups in total. The normalized spacial score (nSPS) is 18.1. The van der Waals surface area contributed by atoms with Gasteiger partial charge < -0.3 is 31.6 Å². The number of aryl methyl sites for hydroxylation is 2. The fourth-order valence-corrected chi connectivity index (χ4v) is 8.21. The number of para-hydroxylation sites is 1. The summed E-state index contributed by atoms with van der Waals surface area (Å²) in [6.45, 7) is 2.92. The van der Waals surface area contributed by atoms with Crippen LogP contribution in [-0.2, 0) is 49.7 Å². The first-order chi connectivity index (χ1) is 26.7. The van der Waals surface area contributed by atoms with Crippen molar-refractivity contribution in [3.63, 3.8) is 0 Å². The smallest absolute Gasteiger partial charge is 0.407 e. The van der Waals surface area contributed by atoms with E-state index in [1.54, 1.807) is 4.90 Å². The van der Waals surface area contributed by atoms with Gasteiger partial charge in [0.15, 0.2) is 0 Å². The summed E-state index contributed by atoms with van der Waals surface area (Å²) in [5.74, 6) is -1.35. The number of hydrogen-bond donors (Lipinski definition) is 4. The zero-order valence-electron chi connectivity index (χ0n) is 31.2. The Morgan fingerprint density at radius 2 is 1.56 bits per heavy atom. The van der Waals surface area contributed by atoms with Crippen molar-refractivity contribution >= 4 is 29.5 Å². The summed E-state index contributed by atoms with van der Waals surface area (Å²) >= 11 is 0. The van der Waals surface area contributed by atoms with Crippen molar-refractivity contribution < 1.29 is 28.7 Å². The molecule has 11 nitrogen and oxygen atoms in total. The Morgan fingerprint density at radius 3 is 2.25 bits per heavy atom. The molecule has 4 amide bonds. The van der Waals surface area contributed by atoms with E-state index < -0.39 is 36.2 Å². The number of ether oxygens (including phenoxy) is 2. The number of carbonyl (C=O) groups excluding carboxylic acids is 4. The van der Waals surface area contributed by atoms with Gasteiger partial charge in [0, 0.05) is 18.8 Å². The van der Waals surface area contributed by atoms with Crippen LogP contribution in [0.15, 0.2) is 91.0 Å².